The van der Waals surface area contributed by atoms with Gasteiger partial charge in [-0.15, -0.1) is 0 Å². The number of halogens is 2. The molecule has 0 saturated carbocycles. The summed E-state index contributed by atoms with van der Waals surface area (Å²) in [5, 5.41) is 0. The smallest absolute Gasteiger partial charge is 0.197 e. The summed E-state index contributed by atoms with van der Waals surface area (Å²) in [6.07, 6.45) is 2.68. The molecule has 1 unspecified atom stereocenters. The van der Waals surface area contributed by atoms with E-state index in [9.17, 15) is 4.79 Å². The molecule has 0 aromatic rings. The van der Waals surface area contributed by atoms with Gasteiger partial charge in [0.25, 0.3) is 0 Å². The molecule has 0 amide bonds. The minimum absolute atomic E-state index is 0.107. The van der Waals surface area contributed by atoms with E-state index in [1.165, 1.54) is 0 Å². The Morgan fingerprint density at radius 1 is 1.67 bits per heavy atom. The predicted molar refractivity (Wildman–Crippen MR) is 46.2 cm³/mol. The number of hydrogen-bond donors (Lipinski definition) is 0. The first-order chi connectivity index (χ1) is 4.13. The van der Waals surface area contributed by atoms with Crippen molar-refractivity contribution in [2.75, 3.05) is 0 Å². The molecule has 0 radical (unpaired) electrons. The van der Waals surface area contributed by atoms with Crippen molar-refractivity contribution in [1.29, 1.82) is 0 Å². The summed E-state index contributed by atoms with van der Waals surface area (Å²) in [5.41, 5.74) is 0. The van der Waals surface area contributed by atoms with Crippen molar-refractivity contribution >= 4 is 36.6 Å². The van der Waals surface area contributed by atoms with Crippen LogP contribution in [-0.4, -0.2) is 9.52 Å². The highest BCUT2D eigenvalue weighted by molar-refractivity contribution is 9.18. The van der Waals surface area contributed by atoms with Crippen LogP contribution in [0, 0.1) is 0 Å². The van der Waals surface area contributed by atoms with Crippen LogP contribution in [0.2, 0.25) is 0 Å². The van der Waals surface area contributed by atoms with Crippen LogP contribution in [0.3, 0.4) is 0 Å². The minimum Gasteiger partial charge on any atom is -0.287 e. The SMILES string of the molecule is CC(Br)CCCC(=O)Br. The molecule has 0 aliphatic carbocycles. The van der Waals surface area contributed by atoms with Gasteiger partial charge in [0.1, 0.15) is 0 Å². The van der Waals surface area contributed by atoms with Crippen molar-refractivity contribution in [3.63, 3.8) is 0 Å². The third kappa shape index (κ3) is 8.63. The lowest BCUT2D eigenvalue weighted by Gasteiger charge is -1.98. The molecule has 0 fully saturated rings. The maximum atomic E-state index is 10.3. The second-order valence-corrected chi connectivity index (χ2v) is 4.48. The molecule has 0 aromatic heterocycles. The molecule has 0 aromatic carbocycles. The molecular formula is C6H10Br2O. The standard InChI is InChI=1S/C6H10Br2O/c1-5(7)3-2-4-6(8)9/h5H,2-4H2,1H3. The number of alkyl halides is 1. The van der Waals surface area contributed by atoms with E-state index in [0.717, 1.165) is 12.8 Å². The number of hydrogen-bond acceptors (Lipinski definition) is 1. The van der Waals surface area contributed by atoms with Crippen LogP contribution in [0.1, 0.15) is 26.2 Å². The lowest BCUT2D eigenvalue weighted by Crippen LogP contribution is -1.91. The third-order valence-corrected chi connectivity index (χ3v) is 1.83. The summed E-state index contributed by atoms with van der Waals surface area (Å²) in [7, 11) is 0. The topological polar surface area (TPSA) is 17.1 Å². The Labute approximate surface area is 72.5 Å². The molecule has 3 heteroatoms. The zero-order chi connectivity index (χ0) is 7.28. The van der Waals surface area contributed by atoms with Crippen LogP contribution in [0.5, 0.6) is 0 Å². The van der Waals surface area contributed by atoms with E-state index < -0.39 is 0 Å². The highest BCUT2D eigenvalue weighted by atomic mass is 79.9. The van der Waals surface area contributed by atoms with Crippen molar-refractivity contribution in [3.05, 3.63) is 0 Å². The van der Waals surface area contributed by atoms with Crippen molar-refractivity contribution in [2.24, 2.45) is 0 Å². The fourth-order valence-corrected chi connectivity index (χ4v) is 1.13. The molecule has 0 saturated heterocycles. The van der Waals surface area contributed by atoms with E-state index in [-0.39, 0.29) is 4.69 Å². The molecular weight excluding hydrogens is 248 g/mol. The molecule has 0 aliphatic rings. The van der Waals surface area contributed by atoms with Crippen LogP contribution in [0.15, 0.2) is 0 Å². The van der Waals surface area contributed by atoms with Crippen LogP contribution >= 0.6 is 31.9 Å². The molecule has 0 heterocycles. The molecule has 1 nitrogen and oxygen atoms in total. The lowest BCUT2D eigenvalue weighted by atomic mass is 10.2. The van der Waals surface area contributed by atoms with Gasteiger partial charge in [-0.2, -0.15) is 0 Å². The Balaban J connectivity index is 3.01. The quantitative estimate of drug-likeness (QED) is 0.559. The highest BCUT2D eigenvalue weighted by Crippen LogP contribution is 2.09. The van der Waals surface area contributed by atoms with Gasteiger partial charge in [-0.05, 0) is 28.8 Å². The average Bonchev–Trinajstić information content (AvgIpc) is 1.63. The van der Waals surface area contributed by atoms with Gasteiger partial charge in [-0.25, -0.2) is 0 Å². The minimum atomic E-state index is 0.107. The van der Waals surface area contributed by atoms with Gasteiger partial charge in [0, 0.05) is 11.2 Å². The van der Waals surface area contributed by atoms with Crippen LogP contribution in [0.25, 0.3) is 0 Å². The van der Waals surface area contributed by atoms with Crippen molar-refractivity contribution < 1.29 is 4.79 Å². The summed E-state index contributed by atoms with van der Waals surface area (Å²) in [6, 6.07) is 0. The number of carbonyl (C=O) groups excluding carboxylic acids is 1. The maximum Gasteiger partial charge on any atom is 0.197 e. The second-order valence-electron chi connectivity index (χ2n) is 2.03. The van der Waals surface area contributed by atoms with Crippen LogP contribution < -0.4 is 0 Å². The van der Waals surface area contributed by atoms with E-state index in [1.807, 2.05) is 0 Å². The number of rotatable bonds is 4. The Bertz CT molecular complexity index is 91.1. The molecule has 0 rings (SSSR count). The molecule has 0 aliphatic heterocycles. The van der Waals surface area contributed by atoms with E-state index in [4.69, 9.17) is 0 Å². The summed E-state index contributed by atoms with van der Waals surface area (Å²) in [6.45, 7) is 2.08. The van der Waals surface area contributed by atoms with Gasteiger partial charge in [0.05, 0.1) is 0 Å². The van der Waals surface area contributed by atoms with E-state index in [0.29, 0.717) is 11.2 Å². The third-order valence-electron chi connectivity index (χ3n) is 0.975. The molecule has 0 N–H and O–H groups in total. The highest BCUT2D eigenvalue weighted by Gasteiger charge is 1.98. The summed E-state index contributed by atoms with van der Waals surface area (Å²) in [5.74, 6) is 0. The van der Waals surface area contributed by atoms with Gasteiger partial charge in [0.2, 0.25) is 0 Å². The normalized spacial score (nSPS) is 13.2. The first kappa shape index (κ1) is 9.63. The van der Waals surface area contributed by atoms with E-state index >= 15 is 0 Å². The van der Waals surface area contributed by atoms with Gasteiger partial charge < -0.3 is 0 Å². The van der Waals surface area contributed by atoms with Gasteiger partial charge in [-0.3, -0.25) is 4.79 Å². The predicted octanol–water partition coefficient (Wildman–Crippen LogP) is 2.86. The first-order valence-electron chi connectivity index (χ1n) is 2.95. The van der Waals surface area contributed by atoms with Gasteiger partial charge in [-0.1, -0.05) is 22.9 Å². The summed E-state index contributed by atoms with van der Waals surface area (Å²) >= 11 is 6.27. The Morgan fingerprint density at radius 2 is 2.22 bits per heavy atom. The van der Waals surface area contributed by atoms with Crippen LogP contribution in [0.4, 0.5) is 0 Å². The van der Waals surface area contributed by atoms with E-state index in [2.05, 4.69) is 38.8 Å². The monoisotopic (exact) mass is 256 g/mol. The zero-order valence-corrected chi connectivity index (χ0v) is 8.53. The summed E-state index contributed by atoms with van der Waals surface area (Å²) in [4.78, 5) is 10.9. The van der Waals surface area contributed by atoms with Crippen molar-refractivity contribution in [2.45, 2.75) is 31.0 Å². The van der Waals surface area contributed by atoms with E-state index in [1.54, 1.807) is 0 Å². The maximum absolute atomic E-state index is 10.3. The largest absolute Gasteiger partial charge is 0.287 e. The molecule has 54 valence electrons. The van der Waals surface area contributed by atoms with Crippen molar-refractivity contribution in [3.8, 4) is 0 Å². The molecule has 0 spiro atoms. The fourth-order valence-electron chi connectivity index (χ4n) is 0.522. The number of carbonyl (C=O) groups is 1. The second kappa shape index (κ2) is 5.42. The Kier molecular flexibility index (Phi) is 5.80. The zero-order valence-electron chi connectivity index (χ0n) is 5.36. The first-order valence-corrected chi connectivity index (χ1v) is 4.66. The molecule has 1 atom stereocenters. The lowest BCUT2D eigenvalue weighted by molar-refractivity contribution is -0.110. The average molecular weight is 258 g/mol. The van der Waals surface area contributed by atoms with Gasteiger partial charge in [0.15, 0.2) is 4.69 Å². The fraction of sp³-hybridized carbons (Fsp3) is 0.833. The van der Waals surface area contributed by atoms with Crippen molar-refractivity contribution in [1.82, 2.24) is 0 Å². The molecule has 9 heavy (non-hydrogen) atoms. The Morgan fingerprint density at radius 3 is 2.56 bits per heavy atom. The molecule has 0 bridgehead atoms. The Hall–Kier alpha value is 0.630. The summed E-state index contributed by atoms with van der Waals surface area (Å²) < 4.78 is 0.107. The van der Waals surface area contributed by atoms with Gasteiger partial charge >= 0.3 is 0 Å². The van der Waals surface area contributed by atoms with Crippen LogP contribution in [-0.2, 0) is 4.79 Å².